The first kappa shape index (κ1) is 19.8. The SMILES string of the molecule is CC#CC#CC/C=C/CCC/C=C/C=C/C(=O)NCC(C)C. The van der Waals surface area contributed by atoms with Crippen LogP contribution in [0.1, 0.15) is 46.5 Å². The molecule has 0 rings (SSSR count). The van der Waals surface area contributed by atoms with Gasteiger partial charge in [-0.15, -0.1) is 0 Å². The van der Waals surface area contributed by atoms with E-state index in [1.165, 1.54) is 0 Å². The van der Waals surface area contributed by atoms with Gasteiger partial charge in [0.05, 0.1) is 0 Å². The Labute approximate surface area is 135 Å². The van der Waals surface area contributed by atoms with Gasteiger partial charge >= 0.3 is 0 Å². The molecule has 0 aromatic rings. The van der Waals surface area contributed by atoms with Crippen molar-refractivity contribution in [2.45, 2.75) is 46.5 Å². The quantitative estimate of drug-likeness (QED) is 0.225. The number of allylic oxidation sites excluding steroid dienone is 5. The molecule has 0 aromatic carbocycles. The molecule has 0 unspecified atom stereocenters. The number of amides is 1. The molecule has 22 heavy (non-hydrogen) atoms. The van der Waals surface area contributed by atoms with Crippen LogP contribution in [0.3, 0.4) is 0 Å². The number of hydrogen-bond donors (Lipinski definition) is 1. The molecule has 2 nitrogen and oxygen atoms in total. The summed E-state index contributed by atoms with van der Waals surface area (Å²) in [4.78, 5) is 11.4. The fraction of sp³-hybridized carbons (Fsp3) is 0.450. The molecule has 1 N–H and O–H groups in total. The lowest BCUT2D eigenvalue weighted by Gasteiger charge is -2.03. The third kappa shape index (κ3) is 15.9. The van der Waals surface area contributed by atoms with Crippen molar-refractivity contribution in [1.29, 1.82) is 0 Å². The normalized spacial score (nSPS) is 10.7. The summed E-state index contributed by atoms with van der Waals surface area (Å²) in [7, 11) is 0. The molecule has 2 heteroatoms. The van der Waals surface area contributed by atoms with Crippen LogP contribution in [0, 0.1) is 29.6 Å². The summed E-state index contributed by atoms with van der Waals surface area (Å²) in [5.41, 5.74) is 0. The van der Waals surface area contributed by atoms with Gasteiger partial charge in [-0.25, -0.2) is 0 Å². The van der Waals surface area contributed by atoms with Gasteiger partial charge in [-0.2, -0.15) is 0 Å². The van der Waals surface area contributed by atoms with E-state index in [2.05, 4.69) is 61.1 Å². The van der Waals surface area contributed by atoms with Gasteiger partial charge in [0.25, 0.3) is 0 Å². The van der Waals surface area contributed by atoms with Crippen LogP contribution < -0.4 is 5.32 Å². The highest BCUT2D eigenvalue weighted by molar-refractivity contribution is 5.87. The van der Waals surface area contributed by atoms with Crippen molar-refractivity contribution >= 4 is 5.91 Å². The van der Waals surface area contributed by atoms with E-state index >= 15 is 0 Å². The van der Waals surface area contributed by atoms with Crippen molar-refractivity contribution < 1.29 is 4.79 Å². The van der Waals surface area contributed by atoms with Gasteiger partial charge in [0.15, 0.2) is 0 Å². The number of rotatable bonds is 9. The predicted molar refractivity (Wildman–Crippen MR) is 95.0 cm³/mol. The Kier molecular flexibility index (Phi) is 13.7. The van der Waals surface area contributed by atoms with Crippen molar-refractivity contribution in [3.63, 3.8) is 0 Å². The molecular weight excluding hydrogens is 270 g/mol. The molecule has 1 amide bonds. The molecular formula is C20H27NO. The second kappa shape index (κ2) is 15.2. The van der Waals surface area contributed by atoms with Gasteiger partial charge in [-0.3, -0.25) is 4.79 Å². The van der Waals surface area contributed by atoms with E-state index in [4.69, 9.17) is 0 Å². The lowest BCUT2D eigenvalue weighted by molar-refractivity contribution is -0.116. The maximum atomic E-state index is 11.4. The summed E-state index contributed by atoms with van der Waals surface area (Å²) < 4.78 is 0. The Bertz CT molecular complexity index is 501. The summed E-state index contributed by atoms with van der Waals surface area (Å²) >= 11 is 0. The Morgan fingerprint density at radius 2 is 1.86 bits per heavy atom. The van der Waals surface area contributed by atoms with Gasteiger partial charge in [0, 0.05) is 19.0 Å². The predicted octanol–water partition coefficient (Wildman–Crippen LogP) is 4.01. The van der Waals surface area contributed by atoms with Crippen LogP contribution in [0.4, 0.5) is 0 Å². The summed E-state index contributed by atoms with van der Waals surface area (Å²) in [6.07, 6.45) is 15.5. The lowest BCUT2D eigenvalue weighted by Crippen LogP contribution is -2.25. The second-order valence-electron chi connectivity index (χ2n) is 5.21. The third-order valence-corrected chi connectivity index (χ3v) is 2.58. The summed E-state index contributed by atoms with van der Waals surface area (Å²) in [6.45, 7) is 6.65. The zero-order valence-electron chi connectivity index (χ0n) is 14.0. The van der Waals surface area contributed by atoms with E-state index in [1.807, 2.05) is 6.08 Å². The molecule has 0 aliphatic rings. The number of carbonyl (C=O) groups excluding carboxylic acids is 1. The fourth-order valence-corrected chi connectivity index (χ4v) is 1.45. The van der Waals surface area contributed by atoms with E-state index in [0.717, 1.165) is 25.7 Å². The monoisotopic (exact) mass is 297 g/mol. The highest BCUT2D eigenvalue weighted by atomic mass is 16.1. The Morgan fingerprint density at radius 1 is 1.09 bits per heavy atom. The minimum atomic E-state index is -0.0323. The average Bonchev–Trinajstić information content (AvgIpc) is 2.49. The number of nitrogens with one attached hydrogen (secondary N) is 1. The third-order valence-electron chi connectivity index (χ3n) is 2.58. The molecule has 0 saturated carbocycles. The molecule has 0 atom stereocenters. The molecule has 0 saturated heterocycles. The first-order valence-electron chi connectivity index (χ1n) is 7.82. The van der Waals surface area contributed by atoms with E-state index < -0.39 is 0 Å². The van der Waals surface area contributed by atoms with Gasteiger partial charge in [0.2, 0.25) is 5.91 Å². The van der Waals surface area contributed by atoms with Gasteiger partial charge in [-0.05, 0) is 43.9 Å². The van der Waals surface area contributed by atoms with Crippen molar-refractivity contribution in [3.8, 4) is 23.7 Å². The second-order valence-corrected chi connectivity index (χ2v) is 5.21. The highest BCUT2D eigenvalue weighted by Crippen LogP contribution is 1.99. The summed E-state index contributed by atoms with van der Waals surface area (Å²) in [5, 5.41) is 2.84. The molecule has 0 aliphatic carbocycles. The molecule has 0 aromatic heterocycles. The smallest absolute Gasteiger partial charge is 0.243 e. The largest absolute Gasteiger partial charge is 0.352 e. The van der Waals surface area contributed by atoms with Crippen molar-refractivity contribution in [2.75, 3.05) is 6.54 Å². The molecule has 0 heterocycles. The highest BCUT2D eigenvalue weighted by Gasteiger charge is 1.95. The van der Waals surface area contributed by atoms with Crippen molar-refractivity contribution in [2.24, 2.45) is 5.92 Å². The molecule has 0 radical (unpaired) electrons. The molecule has 0 spiro atoms. The Hall–Kier alpha value is -2.19. The van der Waals surface area contributed by atoms with Gasteiger partial charge in [-0.1, -0.05) is 56.1 Å². The average molecular weight is 297 g/mol. The fourth-order valence-electron chi connectivity index (χ4n) is 1.45. The molecule has 118 valence electrons. The van der Waals surface area contributed by atoms with Crippen LogP contribution in [0.15, 0.2) is 36.5 Å². The van der Waals surface area contributed by atoms with Gasteiger partial charge < -0.3 is 5.32 Å². The number of hydrogen-bond acceptors (Lipinski definition) is 1. The van der Waals surface area contributed by atoms with Gasteiger partial charge in [0.1, 0.15) is 0 Å². The minimum Gasteiger partial charge on any atom is -0.352 e. The first-order chi connectivity index (χ1) is 10.7. The van der Waals surface area contributed by atoms with E-state index in [0.29, 0.717) is 12.5 Å². The zero-order chi connectivity index (χ0) is 16.5. The molecule has 0 bridgehead atoms. The van der Waals surface area contributed by atoms with Crippen LogP contribution in [0.5, 0.6) is 0 Å². The van der Waals surface area contributed by atoms with E-state index in [1.54, 1.807) is 19.1 Å². The minimum absolute atomic E-state index is 0.0323. The van der Waals surface area contributed by atoms with Crippen LogP contribution in [0.2, 0.25) is 0 Å². The molecule has 0 fully saturated rings. The van der Waals surface area contributed by atoms with Crippen LogP contribution in [-0.2, 0) is 4.79 Å². The van der Waals surface area contributed by atoms with Crippen molar-refractivity contribution in [3.05, 3.63) is 36.5 Å². The Balaban J connectivity index is 3.62. The lowest BCUT2D eigenvalue weighted by atomic mass is 10.2. The van der Waals surface area contributed by atoms with E-state index in [9.17, 15) is 4.79 Å². The maximum Gasteiger partial charge on any atom is 0.243 e. The van der Waals surface area contributed by atoms with Crippen molar-refractivity contribution in [1.82, 2.24) is 5.32 Å². The van der Waals surface area contributed by atoms with Crippen LogP contribution >= 0.6 is 0 Å². The van der Waals surface area contributed by atoms with Crippen LogP contribution in [0.25, 0.3) is 0 Å². The maximum absolute atomic E-state index is 11.4. The summed E-state index contributed by atoms with van der Waals surface area (Å²) in [5.74, 6) is 11.6. The first-order valence-corrected chi connectivity index (χ1v) is 7.82. The Morgan fingerprint density at radius 3 is 2.59 bits per heavy atom. The van der Waals surface area contributed by atoms with E-state index in [-0.39, 0.29) is 5.91 Å². The van der Waals surface area contributed by atoms with Crippen LogP contribution in [-0.4, -0.2) is 12.5 Å². The number of unbranched alkanes of at least 4 members (excludes halogenated alkanes) is 2. The topological polar surface area (TPSA) is 29.1 Å². The standard InChI is InChI=1S/C20H27NO/c1-4-5-6-7-8-9-10-11-12-13-14-15-16-17-20(22)21-18-19(2)3/h9-10,14-17,19H,8,11-13,18H2,1-3H3,(H,21,22)/b10-9+,15-14+,17-16+. The zero-order valence-corrected chi connectivity index (χ0v) is 14.0. The summed E-state index contributed by atoms with van der Waals surface area (Å²) in [6, 6.07) is 0. The molecule has 0 aliphatic heterocycles. The number of carbonyl (C=O) groups is 1.